The van der Waals surface area contributed by atoms with Crippen LogP contribution in [-0.4, -0.2) is 33.9 Å². The minimum atomic E-state index is -3.64. The molecule has 0 saturated carbocycles. The van der Waals surface area contributed by atoms with E-state index in [1.54, 1.807) is 0 Å². The van der Waals surface area contributed by atoms with Crippen molar-refractivity contribution in [2.24, 2.45) is 0 Å². The van der Waals surface area contributed by atoms with Gasteiger partial charge in [-0.2, -0.15) is 8.42 Å². The van der Waals surface area contributed by atoms with E-state index in [4.69, 9.17) is 4.74 Å². The van der Waals surface area contributed by atoms with Crippen LogP contribution < -0.4 is 5.32 Å². The molecule has 7 nitrogen and oxygen atoms in total. The minimum absolute atomic E-state index is 0.0726. The molecule has 1 rings (SSSR count). The third-order valence-electron chi connectivity index (χ3n) is 1.84. The van der Waals surface area contributed by atoms with Crippen LogP contribution in [0.5, 0.6) is 0 Å². The summed E-state index contributed by atoms with van der Waals surface area (Å²) in [5.41, 5.74) is 0.870. The van der Waals surface area contributed by atoms with Crippen LogP contribution in [0.4, 0.5) is 4.79 Å². The van der Waals surface area contributed by atoms with Crippen LogP contribution in [0, 0.1) is 0 Å². The Labute approximate surface area is 111 Å². The molecule has 19 heavy (non-hydrogen) atoms. The minimum Gasteiger partial charge on any atom is -0.445 e. The smallest absolute Gasteiger partial charge is 0.407 e. The van der Waals surface area contributed by atoms with Gasteiger partial charge in [-0.1, -0.05) is 30.3 Å². The summed E-state index contributed by atoms with van der Waals surface area (Å²) in [7, 11) is -3.64. The Balaban J connectivity index is 2.09. The summed E-state index contributed by atoms with van der Waals surface area (Å²) in [6, 6.07) is 9.20. The van der Waals surface area contributed by atoms with Gasteiger partial charge in [0.15, 0.2) is 0 Å². The van der Waals surface area contributed by atoms with Gasteiger partial charge in [0.05, 0.1) is 6.26 Å². The van der Waals surface area contributed by atoms with Gasteiger partial charge in [0.1, 0.15) is 13.2 Å². The molecule has 0 atom stereocenters. The Morgan fingerprint density at radius 2 is 1.95 bits per heavy atom. The number of benzene rings is 1. The monoisotopic (exact) mass is 289 g/mol. The van der Waals surface area contributed by atoms with E-state index in [-0.39, 0.29) is 19.8 Å². The molecule has 0 radical (unpaired) electrons. The van der Waals surface area contributed by atoms with Crippen molar-refractivity contribution in [3.05, 3.63) is 35.9 Å². The molecule has 1 aromatic rings. The van der Waals surface area contributed by atoms with Crippen molar-refractivity contribution in [2.45, 2.75) is 6.61 Å². The first kappa shape index (κ1) is 15.4. The second-order valence-corrected chi connectivity index (χ2v) is 5.13. The first-order valence-corrected chi connectivity index (χ1v) is 7.24. The largest absolute Gasteiger partial charge is 0.445 e. The Hall–Kier alpha value is -1.64. The van der Waals surface area contributed by atoms with Gasteiger partial charge < -0.3 is 10.1 Å². The highest BCUT2D eigenvalue weighted by atomic mass is 32.2. The van der Waals surface area contributed by atoms with Gasteiger partial charge in [-0.15, -0.1) is 4.33 Å². The molecule has 0 aliphatic rings. The van der Waals surface area contributed by atoms with Gasteiger partial charge in [-0.25, -0.2) is 9.68 Å². The van der Waals surface area contributed by atoms with E-state index in [9.17, 15) is 13.2 Å². The van der Waals surface area contributed by atoms with Gasteiger partial charge in [-0.3, -0.25) is 0 Å². The first-order chi connectivity index (χ1) is 8.97. The molecule has 0 fully saturated rings. The summed E-state index contributed by atoms with van der Waals surface area (Å²) in [6.07, 6.45) is 0.237. The molecule has 0 unspecified atom stereocenters. The number of amides is 1. The van der Waals surface area contributed by atoms with E-state index in [0.29, 0.717) is 0 Å². The van der Waals surface area contributed by atoms with Crippen molar-refractivity contribution in [1.82, 2.24) is 5.32 Å². The summed E-state index contributed by atoms with van der Waals surface area (Å²) < 4.78 is 30.0. The highest BCUT2D eigenvalue weighted by Crippen LogP contribution is 2.00. The lowest BCUT2D eigenvalue weighted by atomic mass is 10.2. The number of rotatable bonds is 7. The molecule has 0 aliphatic heterocycles. The maximum atomic E-state index is 11.2. The Bertz CT molecular complexity index is 487. The summed E-state index contributed by atoms with van der Waals surface area (Å²) in [4.78, 5) is 15.6. The van der Waals surface area contributed by atoms with E-state index in [1.807, 2.05) is 30.3 Å². The van der Waals surface area contributed by atoms with Crippen molar-refractivity contribution >= 4 is 16.2 Å². The molecule has 8 heteroatoms. The van der Waals surface area contributed by atoms with E-state index in [0.717, 1.165) is 11.8 Å². The molecule has 0 aliphatic carbocycles. The predicted octanol–water partition coefficient (Wildman–Crippen LogP) is 0.821. The molecule has 0 heterocycles. The summed E-state index contributed by atoms with van der Waals surface area (Å²) in [5, 5.41) is 2.38. The summed E-state index contributed by atoms with van der Waals surface area (Å²) in [5.74, 6) is 0. The number of ether oxygens (including phenoxy) is 1. The van der Waals surface area contributed by atoms with Crippen LogP contribution >= 0.6 is 0 Å². The molecule has 0 bridgehead atoms. The van der Waals surface area contributed by atoms with Gasteiger partial charge in [0.2, 0.25) is 0 Å². The van der Waals surface area contributed by atoms with Crippen LogP contribution in [-0.2, 0) is 30.7 Å². The van der Waals surface area contributed by atoms with E-state index < -0.39 is 16.2 Å². The summed E-state index contributed by atoms with van der Waals surface area (Å²) in [6.45, 7) is 0.129. The van der Waals surface area contributed by atoms with E-state index in [2.05, 4.69) is 14.5 Å². The Morgan fingerprint density at radius 3 is 2.58 bits per heavy atom. The van der Waals surface area contributed by atoms with Crippen LogP contribution in [0.3, 0.4) is 0 Å². The Kier molecular flexibility index (Phi) is 6.26. The van der Waals surface area contributed by atoms with Crippen LogP contribution in [0.15, 0.2) is 30.3 Å². The number of nitrogens with one attached hydrogen (secondary N) is 1. The second kappa shape index (κ2) is 7.72. The summed E-state index contributed by atoms with van der Waals surface area (Å²) >= 11 is 0. The zero-order valence-corrected chi connectivity index (χ0v) is 11.2. The number of alkyl carbamates (subject to hydrolysis) is 1. The van der Waals surface area contributed by atoms with Gasteiger partial charge in [-0.05, 0) is 5.56 Å². The fourth-order valence-electron chi connectivity index (χ4n) is 1.09. The van der Waals surface area contributed by atoms with Crippen molar-refractivity contribution < 1.29 is 27.2 Å². The predicted molar refractivity (Wildman–Crippen MR) is 66.5 cm³/mol. The highest BCUT2D eigenvalue weighted by molar-refractivity contribution is 7.85. The maximum Gasteiger partial charge on any atom is 0.407 e. The lowest BCUT2D eigenvalue weighted by molar-refractivity contribution is -0.198. The van der Waals surface area contributed by atoms with Crippen molar-refractivity contribution in [3.8, 4) is 0 Å². The second-order valence-electron chi connectivity index (χ2n) is 3.58. The molecule has 1 amide bonds. The molecular formula is C11H15NO6S. The zero-order valence-electron chi connectivity index (χ0n) is 10.4. The normalized spacial score (nSPS) is 11.0. The van der Waals surface area contributed by atoms with Gasteiger partial charge >= 0.3 is 6.09 Å². The maximum absolute atomic E-state index is 11.2. The number of hydrogen-bond donors (Lipinski definition) is 1. The third kappa shape index (κ3) is 8.14. The van der Waals surface area contributed by atoms with Crippen molar-refractivity contribution in [2.75, 3.05) is 19.4 Å². The van der Waals surface area contributed by atoms with Gasteiger partial charge in [0, 0.05) is 6.54 Å². The van der Waals surface area contributed by atoms with Crippen molar-refractivity contribution in [3.63, 3.8) is 0 Å². The van der Waals surface area contributed by atoms with E-state index >= 15 is 0 Å². The zero-order chi connectivity index (χ0) is 14.1. The molecule has 106 valence electrons. The molecule has 0 spiro atoms. The topological polar surface area (TPSA) is 90.9 Å². The van der Waals surface area contributed by atoms with Crippen LogP contribution in [0.1, 0.15) is 5.56 Å². The number of carbonyl (C=O) groups excluding carboxylic acids is 1. The SMILES string of the molecule is CS(=O)(=O)OOCCNC(=O)OCc1ccccc1. The molecular weight excluding hydrogens is 274 g/mol. The van der Waals surface area contributed by atoms with Crippen LogP contribution in [0.25, 0.3) is 0 Å². The first-order valence-electron chi connectivity index (χ1n) is 5.43. The molecule has 0 saturated heterocycles. The third-order valence-corrected chi connectivity index (χ3v) is 2.18. The average Bonchev–Trinajstić information content (AvgIpc) is 2.36. The Morgan fingerprint density at radius 1 is 1.26 bits per heavy atom. The molecule has 1 N–H and O–H groups in total. The van der Waals surface area contributed by atoms with E-state index in [1.165, 1.54) is 0 Å². The van der Waals surface area contributed by atoms with Crippen molar-refractivity contribution in [1.29, 1.82) is 0 Å². The quantitative estimate of drug-likeness (QED) is 0.454. The standard InChI is InChI=1S/C11H15NO6S/c1-19(14,15)18-17-8-7-12-11(13)16-9-10-5-3-2-4-6-10/h2-6H,7-9H2,1H3,(H,12,13). The fraction of sp³-hybridized carbons (Fsp3) is 0.364. The highest BCUT2D eigenvalue weighted by Gasteiger charge is 2.04. The number of carbonyl (C=O) groups is 1. The lowest BCUT2D eigenvalue weighted by Crippen LogP contribution is -2.28. The molecule has 0 aromatic heterocycles. The molecule has 1 aromatic carbocycles. The fourth-order valence-corrected chi connectivity index (χ4v) is 1.33. The number of hydrogen-bond acceptors (Lipinski definition) is 6. The average molecular weight is 289 g/mol. The van der Waals surface area contributed by atoms with Gasteiger partial charge in [0.25, 0.3) is 10.1 Å². The lowest BCUT2D eigenvalue weighted by Gasteiger charge is -2.06. The van der Waals surface area contributed by atoms with Crippen LogP contribution in [0.2, 0.25) is 0 Å².